The number of carbonyl (C=O) groups excluding carboxylic acids is 1. The van der Waals surface area contributed by atoms with Crippen molar-refractivity contribution in [1.82, 2.24) is 15.3 Å². The van der Waals surface area contributed by atoms with E-state index in [1.807, 2.05) is 6.07 Å². The number of aliphatic carboxylic acids is 1. The smallest absolute Gasteiger partial charge is 0.325 e. The van der Waals surface area contributed by atoms with E-state index >= 15 is 0 Å². The van der Waals surface area contributed by atoms with Crippen molar-refractivity contribution in [1.29, 1.82) is 0 Å². The molecule has 1 aromatic heterocycles. The van der Waals surface area contributed by atoms with Gasteiger partial charge in [-0.25, -0.2) is 14.4 Å². The van der Waals surface area contributed by atoms with Gasteiger partial charge in [-0.15, -0.1) is 0 Å². The number of anilines is 2. The Morgan fingerprint density at radius 3 is 2.49 bits per heavy atom. The third-order valence-corrected chi connectivity index (χ3v) is 6.25. The van der Waals surface area contributed by atoms with Crippen LogP contribution in [0.2, 0.25) is 5.02 Å². The van der Waals surface area contributed by atoms with E-state index in [0.717, 1.165) is 11.1 Å². The molecule has 0 fully saturated rings. The summed E-state index contributed by atoms with van der Waals surface area (Å²) in [6.45, 7) is 1.65. The second kappa shape index (κ2) is 11.4. The Labute approximate surface area is 229 Å². The summed E-state index contributed by atoms with van der Waals surface area (Å²) in [5.41, 5.74) is 4.62. The first-order chi connectivity index (χ1) is 18.3. The molecule has 39 heavy (non-hydrogen) atoms. The molecule has 8 nitrogen and oxygen atoms in total. The molecule has 0 aliphatic carbocycles. The number of aliphatic imine (C=N–C) groups is 1. The molecule has 0 unspecified atom stereocenters. The number of aromatic nitrogens is 2. The SMILES string of the molecule is C.C[C@H](NC(=O)c1ccc(Nc2ncc3c(n2)-c2ccc(Cl)cc2C(c2ccccc2F)=NC3)cc1)C(=O)O. The van der Waals surface area contributed by atoms with Crippen LogP contribution in [-0.4, -0.2) is 38.7 Å². The van der Waals surface area contributed by atoms with Crippen LogP contribution in [0.5, 0.6) is 0 Å². The van der Waals surface area contributed by atoms with Gasteiger partial charge in [-0.3, -0.25) is 14.6 Å². The van der Waals surface area contributed by atoms with Crippen LogP contribution >= 0.6 is 11.6 Å². The van der Waals surface area contributed by atoms with Crippen molar-refractivity contribution in [2.75, 3.05) is 5.32 Å². The minimum absolute atomic E-state index is 0. The largest absolute Gasteiger partial charge is 0.480 e. The maximum atomic E-state index is 14.7. The lowest BCUT2D eigenvalue weighted by Gasteiger charge is -2.13. The Morgan fingerprint density at radius 1 is 1.03 bits per heavy atom. The summed E-state index contributed by atoms with van der Waals surface area (Å²) >= 11 is 6.31. The van der Waals surface area contributed by atoms with Gasteiger partial charge in [0.2, 0.25) is 5.95 Å². The number of rotatable bonds is 6. The Morgan fingerprint density at radius 2 is 1.77 bits per heavy atom. The predicted molar refractivity (Wildman–Crippen MR) is 149 cm³/mol. The Kier molecular flexibility index (Phi) is 8.01. The maximum absolute atomic E-state index is 14.7. The van der Waals surface area contributed by atoms with Crippen molar-refractivity contribution in [3.8, 4) is 11.3 Å². The number of benzene rings is 3. The summed E-state index contributed by atoms with van der Waals surface area (Å²) in [5, 5.41) is 15.0. The van der Waals surface area contributed by atoms with E-state index in [2.05, 4.69) is 15.6 Å². The highest BCUT2D eigenvalue weighted by atomic mass is 35.5. The molecule has 0 radical (unpaired) electrons. The van der Waals surface area contributed by atoms with Gasteiger partial charge in [0.25, 0.3) is 5.91 Å². The zero-order valence-corrected chi connectivity index (χ0v) is 20.8. The van der Waals surface area contributed by atoms with Gasteiger partial charge >= 0.3 is 5.97 Å². The van der Waals surface area contributed by atoms with E-state index < -0.39 is 17.9 Å². The highest BCUT2D eigenvalue weighted by molar-refractivity contribution is 6.31. The second-order valence-electron chi connectivity index (χ2n) is 8.64. The lowest BCUT2D eigenvalue weighted by Crippen LogP contribution is -2.38. The molecule has 4 aromatic rings. The zero-order valence-electron chi connectivity index (χ0n) is 20.1. The van der Waals surface area contributed by atoms with E-state index in [-0.39, 0.29) is 19.8 Å². The summed E-state index contributed by atoms with van der Waals surface area (Å²) in [6.07, 6.45) is 1.67. The van der Waals surface area contributed by atoms with Gasteiger partial charge in [-0.2, -0.15) is 0 Å². The number of hydrogen-bond acceptors (Lipinski definition) is 6. The molecule has 0 spiro atoms. The summed E-state index contributed by atoms with van der Waals surface area (Å²) < 4.78 is 14.7. The average molecular weight is 546 g/mol. The van der Waals surface area contributed by atoms with Crippen molar-refractivity contribution in [3.63, 3.8) is 0 Å². The maximum Gasteiger partial charge on any atom is 0.325 e. The number of amides is 1. The topological polar surface area (TPSA) is 117 Å². The Hall–Kier alpha value is -4.63. The van der Waals surface area contributed by atoms with Crippen LogP contribution in [0.4, 0.5) is 16.0 Å². The standard InChI is InChI=1S/C28H21ClFN5O3.CH4/c1-15(27(37)38)33-26(36)16-6-9-19(10-7-16)34-28-32-14-17-13-31-25(21-4-2-3-5-23(21)30)22-12-18(29)8-11-20(22)24(17)35-28;/h2-12,14-15H,13H2,1H3,(H,33,36)(H,37,38)(H,32,34,35);1H4/t15-;/m0./s1. The summed E-state index contributed by atoms with van der Waals surface area (Å²) in [4.78, 5) is 37.1. The molecule has 2 heterocycles. The number of carboxylic acid groups (broad SMARTS) is 1. The van der Waals surface area contributed by atoms with Gasteiger partial charge in [-0.1, -0.05) is 37.2 Å². The molecule has 0 bridgehead atoms. The van der Waals surface area contributed by atoms with Crippen LogP contribution in [0.1, 0.15) is 41.4 Å². The first-order valence-corrected chi connectivity index (χ1v) is 12.0. The molecule has 1 atom stereocenters. The van der Waals surface area contributed by atoms with Gasteiger partial charge in [0.15, 0.2) is 0 Å². The highest BCUT2D eigenvalue weighted by Crippen LogP contribution is 2.34. The fraction of sp³-hybridized carbons (Fsp3) is 0.138. The van der Waals surface area contributed by atoms with E-state index in [9.17, 15) is 14.0 Å². The van der Waals surface area contributed by atoms with Crippen molar-refractivity contribution >= 4 is 40.8 Å². The molecule has 198 valence electrons. The lowest BCUT2D eigenvalue weighted by molar-refractivity contribution is -0.138. The Balaban J connectivity index is 0.00000353. The van der Waals surface area contributed by atoms with Crippen LogP contribution in [0.25, 0.3) is 11.3 Å². The Bertz CT molecular complexity index is 1590. The van der Waals surface area contributed by atoms with Crippen LogP contribution in [0.15, 0.2) is 77.9 Å². The molecule has 10 heteroatoms. The summed E-state index contributed by atoms with van der Waals surface area (Å²) in [6, 6.07) is 17.3. The summed E-state index contributed by atoms with van der Waals surface area (Å²) in [7, 11) is 0. The first-order valence-electron chi connectivity index (χ1n) is 11.7. The van der Waals surface area contributed by atoms with E-state index in [0.29, 0.717) is 44.8 Å². The van der Waals surface area contributed by atoms with Gasteiger partial charge in [0, 0.05) is 44.7 Å². The number of carbonyl (C=O) groups is 2. The molecule has 3 aromatic carbocycles. The fourth-order valence-electron chi connectivity index (χ4n) is 4.04. The normalized spacial score (nSPS) is 12.5. The first kappa shape index (κ1) is 27.4. The number of fused-ring (bicyclic) bond motifs is 3. The van der Waals surface area contributed by atoms with Gasteiger partial charge < -0.3 is 15.7 Å². The minimum atomic E-state index is -1.12. The molecule has 1 aliphatic heterocycles. The third kappa shape index (κ3) is 5.78. The fourth-order valence-corrected chi connectivity index (χ4v) is 4.22. The highest BCUT2D eigenvalue weighted by Gasteiger charge is 2.23. The number of carboxylic acids is 1. The van der Waals surface area contributed by atoms with E-state index in [1.165, 1.54) is 13.0 Å². The lowest BCUT2D eigenvalue weighted by atomic mass is 9.95. The van der Waals surface area contributed by atoms with E-state index in [4.69, 9.17) is 26.7 Å². The van der Waals surface area contributed by atoms with Crippen molar-refractivity contribution < 1.29 is 19.1 Å². The second-order valence-corrected chi connectivity index (χ2v) is 9.07. The van der Waals surface area contributed by atoms with Crippen molar-refractivity contribution in [2.24, 2.45) is 4.99 Å². The molecule has 3 N–H and O–H groups in total. The van der Waals surface area contributed by atoms with Crippen LogP contribution in [0, 0.1) is 5.82 Å². The molecule has 0 saturated carbocycles. The van der Waals surface area contributed by atoms with Crippen molar-refractivity contribution in [3.05, 3.63) is 106 Å². The van der Waals surface area contributed by atoms with Gasteiger partial charge in [0.05, 0.1) is 18.0 Å². The number of hydrogen-bond donors (Lipinski definition) is 3. The number of nitrogens with zero attached hydrogens (tertiary/aromatic N) is 3. The van der Waals surface area contributed by atoms with E-state index in [1.54, 1.807) is 60.8 Å². The molecule has 1 amide bonds. The van der Waals surface area contributed by atoms with Gasteiger partial charge in [-0.05, 0) is 55.5 Å². The van der Waals surface area contributed by atoms with Crippen LogP contribution in [-0.2, 0) is 11.3 Å². The molecule has 0 saturated heterocycles. The predicted octanol–water partition coefficient (Wildman–Crippen LogP) is 5.87. The monoisotopic (exact) mass is 545 g/mol. The molecule has 1 aliphatic rings. The summed E-state index contributed by atoms with van der Waals surface area (Å²) in [5.74, 6) is -1.68. The van der Waals surface area contributed by atoms with Gasteiger partial charge in [0.1, 0.15) is 11.9 Å². The third-order valence-electron chi connectivity index (χ3n) is 6.01. The van der Waals surface area contributed by atoms with Crippen molar-refractivity contribution in [2.45, 2.75) is 26.9 Å². The zero-order chi connectivity index (χ0) is 26.8. The average Bonchev–Trinajstić information content (AvgIpc) is 3.05. The minimum Gasteiger partial charge on any atom is -0.480 e. The van der Waals surface area contributed by atoms with Crippen LogP contribution in [0.3, 0.4) is 0 Å². The number of nitrogens with one attached hydrogen (secondary N) is 2. The molecule has 5 rings (SSSR count). The molecular formula is C29H25ClFN5O3. The van der Waals surface area contributed by atoms with Crippen LogP contribution < -0.4 is 10.6 Å². The quantitative estimate of drug-likeness (QED) is 0.279. The number of halogens is 2. The molecular weight excluding hydrogens is 521 g/mol.